The summed E-state index contributed by atoms with van der Waals surface area (Å²) in [6.45, 7) is 6.92. The van der Waals surface area contributed by atoms with Crippen LogP contribution in [-0.4, -0.2) is 166 Å². The van der Waals surface area contributed by atoms with Crippen molar-refractivity contribution in [2.75, 3.05) is 112 Å². The number of nitrogens with zero attached hydrogens (tertiary/aromatic N) is 1. The van der Waals surface area contributed by atoms with E-state index in [9.17, 15) is 23.4 Å². The number of alkyl carbamates (subject to hydrolysis) is 1. The second-order valence-corrected chi connectivity index (χ2v) is 15.7. The minimum absolute atomic E-state index is 0.00281. The van der Waals surface area contributed by atoms with Gasteiger partial charge in [0.1, 0.15) is 12.3 Å². The summed E-state index contributed by atoms with van der Waals surface area (Å²) in [5.41, 5.74) is 1.31. The molecule has 4 N–H and O–H groups in total. The van der Waals surface area contributed by atoms with E-state index < -0.39 is 46.9 Å². The van der Waals surface area contributed by atoms with Crippen LogP contribution in [0.1, 0.15) is 25.8 Å². The van der Waals surface area contributed by atoms with Crippen LogP contribution >= 0.6 is 0 Å². The lowest BCUT2D eigenvalue weighted by molar-refractivity contribution is -0.176. The van der Waals surface area contributed by atoms with Gasteiger partial charge in [-0.05, 0) is 42.2 Å². The number of nitrogens with one attached hydrogen (secondary N) is 2. The molecule has 1 fully saturated rings. The van der Waals surface area contributed by atoms with Crippen LogP contribution in [0.15, 0.2) is 59.5 Å². The number of hydrogen-bond acceptors (Lipinski definition) is 15. The van der Waals surface area contributed by atoms with E-state index in [2.05, 4.69) is 10.6 Å². The highest BCUT2D eigenvalue weighted by Gasteiger charge is 2.35. The number of ether oxygens (including phenoxy) is 9. The van der Waals surface area contributed by atoms with Crippen molar-refractivity contribution in [1.29, 1.82) is 0 Å². The number of carbonyl (C=O) groups excluding carboxylic acids is 1. The van der Waals surface area contributed by atoms with Crippen molar-refractivity contribution in [1.82, 2.24) is 9.62 Å². The molecule has 17 nitrogen and oxygen atoms in total. The Bertz CT molecular complexity index is 1450. The fraction of sp³-hybridized carbons (Fsp3) is 0.667. The molecule has 1 aliphatic heterocycles. The van der Waals surface area contributed by atoms with Crippen molar-refractivity contribution in [3.05, 3.63) is 60.2 Å². The van der Waals surface area contributed by atoms with Crippen LogP contribution in [0.2, 0.25) is 0 Å². The number of aliphatic hydroxyl groups excluding tert-OH is 2. The number of anilines is 1. The number of carbonyl (C=O) groups is 1. The van der Waals surface area contributed by atoms with Crippen molar-refractivity contribution in [2.24, 2.45) is 5.92 Å². The zero-order chi connectivity index (χ0) is 41.3. The lowest BCUT2D eigenvalue weighted by Crippen LogP contribution is -2.54. The molecule has 5 atom stereocenters. The van der Waals surface area contributed by atoms with Gasteiger partial charge < -0.3 is 63.5 Å². The molecule has 0 aliphatic carbocycles. The second kappa shape index (κ2) is 27.7. The smallest absolute Gasteiger partial charge is 0.407 e. The van der Waals surface area contributed by atoms with Crippen molar-refractivity contribution < 1.29 is 66.1 Å². The Labute approximate surface area is 337 Å². The van der Waals surface area contributed by atoms with E-state index in [1.165, 1.54) is 16.4 Å². The van der Waals surface area contributed by atoms with Crippen LogP contribution in [0.4, 0.5) is 10.5 Å². The number of aliphatic hydroxyl groups is 2. The van der Waals surface area contributed by atoms with E-state index in [1.807, 2.05) is 44.2 Å². The normalized spacial score (nSPS) is 16.7. The number of hydrogen-bond donors (Lipinski definition) is 4. The molecule has 1 aliphatic rings. The van der Waals surface area contributed by atoms with Gasteiger partial charge >= 0.3 is 6.09 Å². The summed E-state index contributed by atoms with van der Waals surface area (Å²) in [7, 11) is -1.01. The molecule has 18 heteroatoms. The maximum atomic E-state index is 14.4. The highest BCUT2D eigenvalue weighted by Crippen LogP contribution is 2.23. The standard InChI is InChI=1S/C39H63N3O14S/c1-30(2)25-42(57(46,47)34-12-10-32(11-13-34)40-37(43)28-53-22-20-50-18-16-48-3)26-36(56-38(44)29-54-23-21-51-19-17-49-4)35(24-31-8-6-5-7-9-31)41-39(45)55-33-14-15-52-27-33/h5-13,30,33,35-38,40,43-44H,14-29H2,1-4H3,(H,41,45)/t33-,35-,36+,37+,38-/m0/s1. The predicted molar refractivity (Wildman–Crippen MR) is 210 cm³/mol. The van der Waals surface area contributed by atoms with Crippen LogP contribution in [-0.2, 0) is 59.1 Å². The largest absolute Gasteiger partial charge is 0.444 e. The van der Waals surface area contributed by atoms with Crippen molar-refractivity contribution in [3.8, 4) is 0 Å². The van der Waals surface area contributed by atoms with E-state index in [4.69, 9.17) is 42.6 Å². The van der Waals surface area contributed by atoms with Gasteiger partial charge in [0.15, 0.2) is 6.29 Å². The zero-order valence-electron chi connectivity index (χ0n) is 33.6. The molecule has 1 heterocycles. The summed E-state index contributed by atoms with van der Waals surface area (Å²) in [5, 5.41) is 27.3. The minimum Gasteiger partial charge on any atom is -0.444 e. The molecule has 0 bridgehead atoms. The molecule has 1 amide bonds. The highest BCUT2D eigenvalue weighted by atomic mass is 32.2. The Morgan fingerprint density at radius 3 is 2.05 bits per heavy atom. The summed E-state index contributed by atoms with van der Waals surface area (Å²) in [4.78, 5) is 13.3. The van der Waals surface area contributed by atoms with Gasteiger partial charge in [-0.1, -0.05) is 44.2 Å². The zero-order valence-corrected chi connectivity index (χ0v) is 34.4. The number of benzene rings is 2. The Balaban J connectivity index is 1.80. The molecule has 2 aromatic carbocycles. The Kier molecular flexibility index (Phi) is 23.5. The quantitative estimate of drug-likeness (QED) is 0.0637. The third-order valence-electron chi connectivity index (χ3n) is 8.47. The first-order chi connectivity index (χ1) is 27.5. The lowest BCUT2D eigenvalue weighted by Gasteiger charge is -2.34. The van der Waals surface area contributed by atoms with Gasteiger partial charge in [-0.2, -0.15) is 4.31 Å². The van der Waals surface area contributed by atoms with Crippen LogP contribution in [0, 0.1) is 5.92 Å². The van der Waals surface area contributed by atoms with E-state index in [0.29, 0.717) is 51.7 Å². The second-order valence-electron chi connectivity index (χ2n) is 13.7. The molecule has 1 saturated heterocycles. The average molecular weight is 830 g/mol. The van der Waals surface area contributed by atoms with Gasteiger partial charge in [-0.3, -0.25) is 0 Å². The van der Waals surface area contributed by atoms with Crippen molar-refractivity contribution in [2.45, 2.75) is 62.4 Å². The molecular formula is C39H63N3O14S. The first-order valence-electron chi connectivity index (χ1n) is 19.3. The number of sulfonamides is 1. The predicted octanol–water partition coefficient (Wildman–Crippen LogP) is 2.25. The van der Waals surface area contributed by atoms with Crippen LogP contribution < -0.4 is 10.6 Å². The molecule has 3 rings (SSSR count). The molecule has 0 unspecified atom stereocenters. The topological polar surface area (TPSA) is 202 Å². The summed E-state index contributed by atoms with van der Waals surface area (Å²) in [6.07, 6.45) is -3.99. The van der Waals surface area contributed by atoms with E-state index >= 15 is 0 Å². The molecule has 0 saturated carbocycles. The first-order valence-corrected chi connectivity index (χ1v) is 20.7. The highest BCUT2D eigenvalue weighted by molar-refractivity contribution is 7.89. The summed E-state index contributed by atoms with van der Waals surface area (Å²) >= 11 is 0. The van der Waals surface area contributed by atoms with Crippen molar-refractivity contribution >= 4 is 21.8 Å². The average Bonchev–Trinajstić information content (AvgIpc) is 3.69. The van der Waals surface area contributed by atoms with Crippen LogP contribution in [0.5, 0.6) is 0 Å². The Hall–Kier alpha value is -2.98. The Morgan fingerprint density at radius 1 is 0.842 bits per heavy atom. The number of methoxy groups -OCH3 is 2. The van der Waals surface area contributed by atoms with Gasteiger partial charge in [0, 0.05) is 39.4 Å². The van der Waals surface area contributed by atoms with Gasteiger partial charge in [-0.15, -0.1) is 0 Å². The van der Waals surface area contributed by atoms with Gasteiger partial charge in [0.25, 0.3) is 0 Å². The van der Waals surface area contributed by atoms with Crippen LogP contribution in [0.25, 0.3) is 0 Å². The third-order valence-corrected chi connectivity index (χ3v) is 10.3. The molecular weight excluding hydrogens is 767 g/mol. The maximum absolute atomic E-state index is 14.4. The SMILES string of the molecule is COCCOCCOC[C@@H](O)Nc1ccc(S(=O)(=O)N(CC(C)C)C[C@@H](O[C@H](O)COCCOCCOC)[C@H](Cc2ccccc2)NC(=O)O[C@H]2CCOC2)cc1. The maximum Gasteiger partial charge on any atom is 0.407 e. The Morgan fingerprint density at radius 2 is 1.46 bits per heavy atom. The first kappa shape index (κ1) is 48.4. The van der Waals surface area contributed by atoms with Gasteiger partial charge in [0.2, 0.25) is 10.0 Å². The minimum atomic E-state index is -4.17. The molecule has 0 spiro atoms. The summed E-state index contributed by atoms with van der Waals surface area (Å²) in [6, 6.07) is 14.5. The monoisotopic (exact) mass is 829 g/mol. The van der Waals surface area contributed by atoms with E-state index in [1.54, 1.807) is 26.4 Å². The number of rotatable bonds is 31. The molecule has 0 radical (unpaired) electrons. The van der Waals surface area contributed by atoms with Gasteiger partial charge in [-0.25, -0.2) is 13.2 Å². The molecule has 57 heavy (non-hydrogen) atoms. The molecule has 2 aromatic rings. The van der Waals surface area contributed by atoms with Crippen LogP contribution in [0.3, 0.4) is 0 Å². The summed E-state index contributed by atoms with van der Waals surface area (Å²) < 4.78 is 78.9. The fourth-order valence-corrected chi connectivity index (χ4v) is 7.30. The third kappa shape index (κ3) is 19.6. The van der Waals surface area contributed by atoms with E-state index in [0.717, 1.165) is 5.56 Å². The lowest BCUT2D eigenvalue weighted by atomic mass is 10.0. The van der Waals surface area contributed by atoms with Crippen molar-refractivity contribution in [3.63, 3.8) is 0 Å². The van der Waals surface area contributed by atoms with E-state index in [-0.39, 0.29) is 70.0 Å². The summed E-state index contributed by atoms with van der Waals surface area (Å²) in [5.74, 6) is -0.110. The van der Waals surface area contributed by atoms with Gasteiger partial charge in [0.05, 0.1) is 96.3 Å². The number of amides is 1. The molecule has 324 valence electrons. The molecule has 0 aromatic heterocycles. The fourth-order valence-electron chi connectivity index (χ4n) is 5.68.